The van der Waals surface area contributed by atoms with E-state index in [2.05, 4.69) is 27.8 Å². The molecule has 2 fully saturated rings. The van der Waals surface area contributed by atoms with Crippen molar-refractivity contribution < 1.29 is 0 Å². The van der Waals surface area contributed by atoms with E-state index >= 15 is 0 Å². The molecule has 0 spiro atoms. The van der Waals surface area contributed by atoms with Gasteiger partial charge >= 0.3 is 0 Å². The van der Waals surface area contributed by atoms with Gasteiger partial charge in [-0.05, 0) is 45.8 Å². The number of likely N-dealkylation sites (N-methyl/N-ethyl adjacent to an activating group) is 1. The molecular weight excluding hydrogens is 248 g/mol. The van der Waals surface area contributed by atoms with Gasteiger partial charge in [0, 0.05) is 45.2 Å². The van der Waals surface area contributed by atoms with Gasteiger partial charge in [-0.15, -0.1) is 0 Å². The van der Waals surface area contributed by atoms with Gasteiger partial charge in [-0.25, -0.2) is 0 Å². The molecule has 2 heterocycles. The van der Waals surface area contributed by atoms with Crippen LogP contribution < -0.4 is 0 Å². The lowest BCUT2D eigenvalue weighted by Gasteiger charge is -2.40. The number of nitrogens with zero attached hydrogens (tertiary/aromatic N) is 4. The Morgan fingerprint density at radius 2 is 1.75 bits per heavy atom. The summed E-state index contributed by atoms with van der Waals surface area (Å²) in [4.78, 5) is 7.77. The highest BCUT2D eigenvalue weighted by atomic mass is 15.3. The first-order valence-corrected chi connectivity index (χ1v) is 8.31. The quantitative estimate of drug-likeness (QED) is 0.694. The van der Waals surface area contributed by atoms with Crippen molar-refractivity contribution in [1.82, 2.24) is 14.7 Å². The molecule has 0 aromatic carbocycles. The largest absolute Gasteiger partial charge is 0.302 e. The molecule has 0 amide bonds. The summed E-state index contributed by atoms with van der Waals surface area (Å²) in [5.74, 6) is 0. The maximum absolute atomic E-state index is 8.54. The Labute approximate surface area is 124 Å². The summed E-state index contributed by atoms with van der Waals surface area (Å²) in [6.07, 6.45) is 7.12. The summed E-state index contributed by atoms with van der Waals surface area (Å²) in [6.45, 7) is 8.60. The van der Waals surface area contributed by atoms with E-state index in [0.717, 1.165) is 12.5 Å². The predicted molar refractivity (Wildman–Crippen MR) is 82.6 cm³/mol. The topological polar surface area (TPSA) is 33.5 Å². The van der Waals surface area contributed by atoms with Crippen molar-refractivity contribution in [2.75, 3.05) is 52.9 Å². The third-order valence-corrected chi connectivity index (χ3v) is 4.87. The van der Waals surface area contributed by atoms with Gasteiger partial charge in [-0.3, -0.25) is 4.90 Å². The number of unbranched alkanes of at least 4 members (excludes halogenated alkanes) is 2. The Morgan fingerprint density at radius 3 is 2.45 bits per heavy atom. The second-order valence-electron chi connectivity index (χ2n) is 6.39. The average molecular weight is 278 g/mol. The van der Waals surface area contributed by atoms with Gasteiger partial charge in [0.15, 0.2) is 0 Å². The second-order valence-corrected chi connectivity index (χ2v) is 6.39. The number of likely N-dealkylation sites (tertiary alicyclic amines) is 1. The zero-order valence-corrected chi connectivity index (χ0v) is 13.1. The highest BCUT2D eigenvalue weighted by Crippen LogP contribution is 2.16. The standard InChI is InChI=1S/C16H30N4/c1-18-9-6-3-7-16(18)15-20-13-11-19(12-14-20)10-5-2-4-8-17/h16H,2-7,9-15H2,1H3. The van der Waals surface area contributed by atoms with Crippen molar-refractivity contribution in [3.05, 3.63) is 0 Å². The van der Waals surface area contributed by atoms with Crippen molar-refractivity contribution in [2.45, 2.75) is 44.6 Å². The van der Waals surface area contributed by atoms with Crippen molar-refractivity contribution in [1.29, 1.82) is 5.26 Å². The van der Waals surface area contributed by atoms with Crippen molar-refractivity contribution in [3.8, 4) is 6.07 Å². The number of piperazine rings is 1. The van der Waals surface area contributed by atoms with E-state index in [4.69, 9.17) is 5.26 Å². The lowest BCUT2D eigenvalue weighted by molar-refractivity contribution is 0.0839. The Bertz CT molecular complexity index is 304. The summed E-state index contributed by atoms with van der Waals surface area (Å²) in [5.41, 5.74) is 0. The van der Waals surface area contributed by atoms with Gasteiger partial charge in [0.05, 0.1) is 6.07 Å². The van der Waals surface area contributed by atoms with E-state index in [1.165, 1.54) is 71.5 Å². The van der Waals surface area contributed by atoms with Crippen LogP contribution in [0.1, 0.15) is 38.5 Å². The molecule has 114 valence electrons. The fraction of sp³-hybridized carbons (Fsp3) is 0.938. The summed E-state index contributed by atoms with van der Waals surface area (Å²) in [7, 11) is 2.29. The van der Waals surface area contributed by atoms with Gasteiger partial charge in [-0.1, -0.05) is 6.42 Å². The molecule has 2 saturated heterocycles. The lowest BCUT2D eigenvalue weighted by atomic mass is 10.0. The van der Waals surface area contributed by atoms with E-state index in [9.17, 15) is 0 Å². The predicted octanol–water partition coefficient (Wildman–Crippen LogP) is 1.78. The highest BCUT2D eigenvalue weighted by Gasteiger charge is 2.23. The number of hydrogen-bond donors (Lipinski definition) is 0. The molecule has 1 unspecified atom stereocenters. The van der Waals surface area contributed by atoms with Crippen LogP contribution in [0.5, 0.6) is 0 Å². The fourth-order valence-electron chi connectivity index (χ4n) is 3.41. The van der Waals surface area contributed by atoms with Gasteiger partial charge in [0.1, 0.15) is 0 Å². The Hall–Kier alpha value is -0.630. The molecule has 0 N–H and O–H groups in total. The first-order chi connectivity index (χ1) is 9.79. The van der Waals surface area contributed by atoms with Crippen molar-refractivity contribution in [2.24, 2.45) is 0 Å². The molecule has 2 aliphatic heterocycles. The Kier molecular flexibility index (Phi) is 6.78. The maximum Gasteiger partial charge on any atom is 0.0621 e. The first-order valence-electron chi connectivity index (χ1n) is 8.31. The second kappa shape index (κ2) is 8.61. The van der Waals surface area contributed by atoms with Crippen LogP contribution >= 0.6 is 0 Å². The molecule has 4 heteroatoms. The molecule has 0 saturated carbocycles. The number of rotatable bonds is 6. The zero-order chi connectivity index (χ0) is 14.2. The molecular formula is C16H30N4. The monoisotopic (exact) mass is 278 g/mol. The molecule has 20 heavy (non-hydrogen) atoms. The number of piperidine rings is 1. The molecule has 0 radical (unpaired) electrons. The highest BCUT2D eigenvalue weighted by molar-refractivity contribution is 4.81. The van der Waals surface area contributed by atoms with E-state index in [-0.39, 0.29) is 0 Å². The molecule has 1 atom stereocenters. The zero-order valence-electron chi connectivity index (χ0n) is 13.1. The minimum absolute atomic E-state index is 0.716. The molecule has 0 aromatic heterocycles. The SMILES string of the molecule is CN1CCCCC1CN1CCN(CCCCC#N)CC1. The third kappa shape index (κ3) is 5.05. The molecule has 4 nitrogen and oxygen atoms in total. The van der Waals surface area contributed by atoms with Gasteiger partial charge in [0.2, 0.25) is 0 Å². The smallest absolute Gasteiger partial charge is 0.0621 e. The molecule has 0 bridgehead atoms. The Morgan fingerprint density at radius 1 is 1.00 bits per heavy atom. The van der Waals surface area contributed by atoms with Crippen LogP contribution in [0.4, 0.5) is 0 Å². The van der Waals surface area contributed by atoms with Crippen LogP contribution in [-0.4, -0.2) is 73.6 Å². The summed E-state index contributed by atoms with van der Waals surface area (Å²) in [6, 6.07) is 3.01. The minimum atomic E-state index is 0.716. The lowest BCUT2D eigenvalue weighted by Crippen LogP contribution is -2.51. The third-order valence-electron chi connectivity index (χ3n) is 4.87. The minimum Gasteiger partial charge on any atom is -0.302 e. The summed E-state index contributed by atoms with van der Waals surface area (Å²) in [5, 5.41) is 8.54. The van der Waals surface area contributed by atoms with E-state index in [0.29, 0.717) is 6.42 Å². The van der Waals surface area contributed by atoms with Crippen molar-refractivity contribution in [3.63, 3.8) is 0 Å². The van der Waals surface area contributed by atoms with Gasteiger partial charge in [-0.2, -0.15) is 5.26 Å². The van der Waals surface area contributed by atoms with Crippen LogP contribution in [0.3, 0.4) is 0 Å². The number of hydrogen-bond acceptors (Lipinski definition) is 4. The molecule has 0 aliphatic carbocycles. The first kappa shape index (κ1) is 15.8. The van der Waals surface area contributed by atoms with Crippen LogP contribution in [0.15, 0.2) is 0 Å². The fourth-order valence-corrected chi connectivity index (χ4v) is 3.41. The van der Waals surface area contributed by atoms with E-state index < -0.39 is 0 Å². The molecule has 2 rings (SSSR count). The van der Waals surface area contributed by atoms with Crippen molar-refractivity contribution >= 4 is 0 Å². The maximum atomic E-state index is 8.54. The van der Waals surface area contributed by atoms with Gasteiger partial charge in [0.25, 0.3) is 0 Å². The van der Waals surface area contributed by atoms with Crippen LogP contribution in [-0.2, 0) is 0 Å². The summed E-state index contributed by atoms with van der Waals surface area (Å²) < 4.78 is 0. The van der Waals surface area contributed by atoms with E-state index in [1.54, 1.807) is 0 Å². The Balaban J connectivity index is 1.60. The van der Waals surface area contributed by atoms with E-state index in [1.807, 2.05) is 0 Å². The number of nitriles is 1. The molecule has 2 aliphatic rings. The normalized spacial score (nSPS) is 26.5. The average Bonchev–Trinajstić information content (AvgIpc) is 2.48. The van der Waals surface area contributed by atoms with Crippen LogP contribution in [0.25, 0.3) is 0 Å². The van der Waals surface area contributed by atoms with Crippen LogP contribution in [0.2, 0.25) is 0 Å². The summed E-state index contributed by atoms with van der Waals surface area (Å²) >= 11 is 0. The molecule has 0 aromatic rings. The van der Waals surface area contributed by atoms with Gasteiger partial charge < -0.3 is 9.80 Å². The van der Waals surface area contributed by atoms with Crippen LogP contribution in [0, 0.1) is 11.3 Å².